The number of nitrogens with one attached hydrogen (secondary N) is 2. The average Bonchev–Trinajstić information content (AvgIpc) is 2.51. The van der Waals surface area contributed by atoms with Gasteiger partial charge in [-0.2, -0.15) is 0 Å². The lowest BCUT2D eigenvalue weighted by atomic mass is 9.86. The van der Waals surface area contributed by atoms with Gasteiger partial charge in [-0.3, -0.25) is 9.59 Å². The average molecular weight is 312 g/mol. The molecule has 2 rings (SSSR count). The third-order valence-electron chi connectivity index (χ3n) is 3.82. The SMILES string of the molecule is O=C(Nc1cc(F)ccc1F)C(=O)NC1CCC(CO)CC1. The Morgan fingerprint density at radius 1 is 1.14 bits per heavy atom. The maximum atomic E-state index is 13.4. The second kappa shape index (κ2) is 7.31. The maximum Gasteiger partial charge on any atom is 0.313 e. The van der Waals surface area contributed by atoms with Crippen LogP contribution in [0.15, 0.2) is 18.2 Å². The van der Waals surface area contributed by atoms with Crippen LogP contribution in [0.2, 0.25) is 0 Å². The molecule has 0 aliphatic heterocycles. The van der Waals surface area contributed by atoms with Crippen LogP contribution in [0.25, 0.3) is 0 Å². The molecule has 1 fully saturated rings. The van der Waals surface area contributed by atoms with Crippen molar-refractivity contribution in [3.63, 3.8) is 0 Å². The molecule has 0 heterocycles. The maximum absolute atomic E-state index is 13.4. The van der Waals surface area contributed by atoms with Crippen LogP contribution in [0.1, 0.15) is 25.7 Å². The van der Waals surface area contributed by atoms with E-state index in [2.05, 4.69) is 10.6 Å². The molecular formula is C15H18F2N2O3. The number of benzene rings is 1. The predicted molar refractivity (Wildman–Crippen MR) is 76.0 cm³/mol. The highest BCUT2D eigenvalue weighted by Gasteiger charge is 2.24. The Balaban J connectivity index is 1.87. The topological polar surface area (TPSA) is 78.4 Å². The molecule has 3 N–H and O–H groups in total. The van der Waals surface area contributed by atoms with E-state index in [1.165, 1.54) is 0 Å². The van der Waals surface area contributed by atoms with Gasteiger partial charge in [-0.15, -0.1) is 0 Å². The summed E-state index contributed by atoms with van der Waals surface area (Å²) in [6, 6.07) is 2.47. The Bertz CT molecular complexity index is 558. The van der Waals surface area contributed by atoms with Crippen LogP contribution in [-0.4, -0.2) is 29.6 Å². The predicted octanol–water partition coefficient (Wildman–Crippen LogP) is 1.57. The van der Waals surface area contributed by atoms with Crippen molar-refractivity contribution in [3.05, 3.63) is 29.8 Å². The van der Waals surface area contributed by atoms with Gasteiger partial charge in [-0.05, 0) is 43.7 Å². The Hall–Kier alpha value is -2.02. The Morgan fingerprint density at radius 2 is 1.82 bits per heavy atom. The zero-order valence-corrected chi connectivity index (χ0v) is 11.9. The first-order valence-corrected chi connectivity index (χ1v) is 7.17. The lowest BCUT2D eigenvalue weighted by Crippen LogP contribution is -2.43. The number of hydrogen-bond donors (Lipinski definition) is 3. The lowest BCUT2D eigenvalue weighted by molar-refractivity contribution is -0.136. The zero-order valence-electron chi connectivity index (χ0n) is 11.9. The second-order valence-corrected chi connectivity index (χ2v) is 5.45. The quantitative estimate of drug-likeness (QED) is 0.741. The van der Waals surface area contributed by atoms with Gasteiger partial charge >= 0.3 is 11.8 Å². The fourth-order valence-electron chi connectivity index (χ4n) is 2.51. The van der Waals surface area contributed by atoms with Crippen molar-refractivity contribution in [3.8, 4) is 0 Å². The van der Waals surface area contributed by atoms with Gasteiger partial charge in [0, 0.05) is 18.7 Å². The van der Waals surface area contributed by atoms with E-state index in [4.69, 9.17) is 5.11 Å². The third kappa shape index (κ3) is 4.24. The summed E-state index contributed by atoms with van der Waals surface area (Å²) in [6.07, 6.45) is 2.92. The van der Waals surface area contributed by atoms with Gasteiger partial charge < -0.3 is 15.7 Å². The summed E-state index contributed by atoms with van der Waals surface area (Å²) < 4.78 is 26.4. The summed E-state index contributed by atoms with van der Waals surface area (Å²) in [5.74, 6) is -3.20. The van der Waals surface area contributed by atoms with Crippen LogP contribution in [0, 0.1) is 17.6 Å². The number of aliphatic hydroxyl groups excluding tert-OH is 1. The lowest BCUT2D eigenvalue weighted by Gasteiger charge is -2.27. The van der Waals surface area contributed by atoms with E-state index in [1.54, 1.807) is 0 Å². The summed E-state index contributed by atoms with van der Waals surface area (Å²) in [4.78, 5) is 23.5. The molecule has 0 bridgehead atoms. The fraction of sp³-hybridized carbons (Fsp3) is 0.467. The molecule has 1 aromatic carbocycles. The highest BCUT2D eigenvalue weighted by Crippen LogP contribution is 2.23. The standard InChI is InChI=1S/C15H18F2N2O3/c16-10-3-6-12(17)13(7-10)19-15(22)14(21)18-11-4-1-9(8-20)2-5-11/h3,6-7,9,11,20H,1-2,4-5,8H2,(H,18,21)(H,19,22). The molecule has 1 aliphatic carbocycles. The number of hydrogen-bond acceptors (Lipinski definition) is 3. The number of aliphatic hydroxyl groups is 1. The zero-order chi connectivity index (χ0) is 16.1. The van der Waals surface area contributed by atoms with Gasteiger partial charge in [-0.25, -0.2) is 8.78 Å². The normalized spacial score (nSPS) is 21.2. The first-order valence-electron chi connectivity index (χ1n) is 7.17. The fourth-order valence-corrected chi connectivity index (χ4v) is 2.51. The summed E-state index contributed by atoms with van der Waals surface area (Å²) in [5.41, 5.74) is -0.371. The van der Waals surface area contributed by atoms with E-state index in [0.717, 1.165) is 31.0 Å². The van der Waals surface area contributed by atoms with Crippen LogP contribution < -0.4 is 10.6 Å². The molecule has 0 spiro atoms. The molecule has 0 atom stereocenters. The van der Waals surface area contributed by atoms with Gasteiger partial charge in [0.05, 0.1) is 5.69 Å². The Kier molecular flexibility index (Phi) is 5.43. The van der Waals surface area contributed by atoms with Crippen LogP contribution >= 0.6 is 0 Å². The van der Waals surface area contributed by atoms with Crippen molar-refractivity contribution in [1.29, 1.82) is 0 Å². The minimum atomic E-state index is -1.03. The van der Waals surface area contributed by atoms with Crippen molar-refractivity contribution < 1.29 is 23.5 Å². The Labute approximate surface area is 126 Å². The summed E-state index contributed by atoms with van der Waals surface area (Å²) in [5, 5.41) is 13.7. The monoisotopic (exact) mass is 312 g/mol. The van der Waals surface area contributed by atoms with E-state index < -0.39 is 23.4 Å². The minimum absolute atomic E-state index is 0.125. The van der Waals surface area contributed by atoms with Crippen molar-refractivity contribution in [2.24, 2.45) is 5.92 Å². The van der Waals surface area contributed by atoms with Crippen molar-refractivity contribution in [1.82, 2.24) is 5.32 Å². The molecule has 5 nitrogen and oxygen atoms in total. The number of anilines is 1. The molecule has 0 saturated heterocycles. The molecule has 120 valence electrons. The number of carbonyl (C=O) groups excluding carboxylic acids is 2. The minimum Gasteiger partial charge on any atom is -0.396 e. The number of halogens is 2. The summed E-state index contributed by atoms with van der Waals surface area (Å²) in [7, 11) is 0. The second-order valence-electron chi connectivity index (χ2n) is 5.45. The van der Waals surface area contributed by atoms with Crippen LogP contribution in [0.3, 0.4) is 0 Å². The molecule has 7 heteroatoms. The molecule has 0 aromatic heterocycles. The van der Waals surface area contributed by atoms with Gasteiger partial charge in [-0.1, -0.05) is 0 Å². The van der Waals surface area contributed by atoms with Crippen LogP contribution in [0.5, 0.6) is 0 Å². The van der Waals surface area contributed by atoms with E-state index in [0.29, 0.717) is 12.8 Å². The van der Waals surface area contributed by atoms with E-state index in [9.17, 15) is 18.4 Å². The third-order valence-corrected chi connectivity index (χ3v) is 3.82. The number of rotatable bonds is 3. The molecule has 1 aliphatic rings. The van der Waals surface area contributed by atoms with Gasteiger partial charge in [0.15, 0.2) is 0 Å². The molecule has 0 radical (unpaired) electrons. The van der Waals surface area contributed by atoms with E-state index in [1.807, 2.05) is 0 Å². The van der Waals surface area contributed by atoms with Crippen molar-refractivity contribution >= 4 is 17.5 Å². The number of carbonyl (C=O) groups is 2. The molecule has 22 heavy (non-hydrogen) atoms. The van der Waals surface area contributed by atoms with Gasteiger partial charge in [0.25, 0.3) is 0 Å². The molecule has 2 amide bonds. The van der Waals surface area contributed by atoms with Crippen LogP contribution in [0.4, 0.5) is 14.5 Å². The van der Waals surface area contributed by atoms with Crippen molar-refractivity contribution in [2.45, 2.75) is 31.7 Å². The van der Waals surface area contributed by atoms with Gasteiger partial charge in [0.1, 0.15) is 11.6 Å². The molecule has 0 unspecified atom stereocenters. The smallest absolute Gasteiger partial charge is 0.313 e. The van der Waals surface area contributed by atoms with E-state index in [-0.39, 0.29) is 24.3 Å². The molecular weight excluding hydrogens is 294 g/mol. The highest BCUT2D eigenvalue weighted by molar-refractivity contribution is 6.39. The highest BCUT2D eigenvalue weighted by atomic mass is 19.1. The number of amides is 2. The first kappa shape index (κ1) is 16.4. The largest absolute Gasteiger partial charge is 0.396 e. The van der Waals surface area contributed by atoms with Crippen molar-refractivity contribution in [2.75, 3.05) is 11.9 Å². The van der Waals surface area contributed by atoms with E-state index >= 15 is 0 Å². The first-order chi connectivity index (χ1) is 10.5. The van der Waals surface area contributed by atoms with Crippen LogP contribution in [-0.2, 0) is 9.59 Å². The summed E-state index contributed by atoms with van der Waals surface area (Å²) >= 11 is 0. The van der Waals surface area contributed by atoms with Gasteiger partial charge in [0.2, 0.25) is 0 Å². The molecule has 1 saturated carbocycles. The Morgan fingerprint density at radius 3 is 2.45 bits per heavy atom. The summed E-state index contributed by atoms with van der Waals surface area (Å²) in [6.45, 7) is 0.125. The molecule has 1 aromatic rings.